The summed E-state index contributed by atoms with van der Waals surface area (Å²) in [6.45, 7) is 2.28. The van der Waals surface area contributed by atoms with Crippen LogP contribution >= 0.6 is 0 Å². The standard InChI is InChI=1S/C18H24N2O5/c1-3-4-9-25-16-14-17(22)19(2)12-7-5-6-8-13(12)20(14)10-11(15(16)21)18(23)24/h10,12-13H,3-9H2,1-2H3,(H,23,24)/t12-,13-/m0/s1. The number of fused-ring (bicyclic) bond motifs is 3. The molecule has 1 aliphatic heterocycles. The maximum Gasteiger partial charge on any atom is 0.341 e. The van der Waals surface area contributed by atoms with Gasteiger partial charge < -0.3 is 19.3 Å². The molecule has 2 heterocycles. The van der Waals surface area contributed by atoms with E-state index in [9.17, 15) is 19.5 Å². The maximum absolute atomic E-state index is 12.9. The Balaban J connectivity index is 2.18. The van der Waals surface area contributed by atoms with Gasteiger partial charge in [0.15, 0.2) is 11.4 Å². The van der Waals surface area contributed by atoms with E-state index >= 15 is 0 Å². The lowest BCUT2D eigenvalue weighted by atomic mass is 9.86. The van der Waals surface area contributed by atoms with Crippen molar-refractivity contribution in [2.24, 2.45) is 0 Å². The fourth-order valence-corrected chi connectivity index (χ4v) is 3.87. The molecule has 1 aromatic rings. The second kappa shape index (κ2) is 6.90. The number of ether oxygens (including phenoxy) is 1. The number of pyridine rings is 1. The first-order valence-electron chi connectivity index (χ1n) is 8.89. The smallest absolute Gasteiger partial charge is 0.341 e. The van der Waals surface area contributed by atoms with Crippen molar-refractivity contribution in [2.45, 2.75) is 57.5 Å². The molecule has 0 saturated heterocycles. The van der Waals surface area contributed by atoms with Crippen LogP contribution in [0.15, 0.2) is 11.0 Å². The Kier molecular flexibility index (Phi) is 4.83. The summed E-state index contributed by atoms with van der Waals surface area (Å²) in [5.74, 6) is -1.68. The van der Waals surface area contributed by atoms with Crippen LogP contribution in [0.2, 0.25) is 0 Å². The van der Waals surface area contributed by atoms with E-state index < -0.39 is 11.4 Å². The van der Waals surface area contributed by atoms with E-state index in [2.05, 4.69) is 0 Å². The average molecular weight is 348 g/mol. The number of carboxylic acids is 1. The van der Waals surface area contributed by atoms with Crippen LogP contribution in [0.3, 0.4) is 0 Å². The molecule has 1 N–H and O–H groups in total. The number of carbonyl (C=O) groups excluding carboxylic acids is 1. The van der Waals surface area contributed by atoms with Crippen molar-refractivity contribution in [2.75, 3.05) is 13.7 Å². The van der Waals surface area contributed by atoms with Crippen molar-refractivity contribution >= 4 is 11.9 Å². The lowest BCUT2D eigenvalue weighted by molar-refractivity contribution is 0.0500. The zero-order valence-corrected chi connectivity index (χ0v) is 14.7. The van der Waals surface area contributed by atoms with Gasteiger partial charge in [-0.15, -0.1) is 0 Å². The maximum atomic E-state index is 12.9. The first-order valence-corrected chi connectivity index (χ1v) is 8.89. The number of aromatic carboxylic acids is 1. The molecule has 3 rings (SSSR count). The number of carbonyl (C=O) groups is 2. The second-order valence-corrected chi connectivity index (χ2v) is 6.80. The number of hydrogen-bond acceptors (Lipinski definition) is 4. The molecule has 136 valence electrons. The molecule has 2 aliphatic rings. The van der Waals surface area contributed by atoms with Gasteiger partial charge >= 0.3 is 5.97 Å². The normalized spacial score (nSPS) is 22.3. The Morgan fingerprint density at radius 2 is 1.96 bits per heavy atom. The van der Waals surface area contributed by atoms with E-state index in [-0.39, 0.29) is 41.6 Å². The monoisotopic (exact) mass is 348 g/mol. The number of rotatable bonds is 5. The Morgan fingerprint density at radius 3 is 2.60 bits per heavy atom. The highest BCUT2D eigenvalue weighted by molar-refractivity contribution is 5.98. The number of amides is 1. The summed E-state index contributed by atoms with van der Waals surface area (Å²) in [5.41, 5.74) is -0.862. The summed E-state index contributed by atoms with van der Waals surface area (Å²) < 4.78 is 7.31. The van der Waals surface area contributed by atoms with Gasteiger partial charge in [-0.3, -0.25) is 9.59 Å². The quantitative estimate of drug-likeness (QED) is 0.825. The molecular weight excluding hydrogens is 324 g/mol. The summed E-state index contributed by atoms with van der Waals surface area (Å²) >= 11 is 0. The van der Waals surface area contributed by atoms with Gasteiger partial charge in [0.25, 0.3) is 5.91 Å². The van der Waals surface area contributed by atoms with Crippen molar-refractivity contribution in [3.05, 3.63) is 27.7 Å². The first kappa shape index (κ1) is 17.5. The molecule has 1 aromatic heterocycles. The van der Waals surface area contributed by atoms with Crippen LogP contribution in [0.4, 0.5) is 0 Å². The minimum absolute atomic E-state index is 0.0151. The summed E-state index contributed by atoms with van der Waals surface area (Å²) in [6, 6.07) is 0.0139. The van der Waals surface area contributed by atoms with Crippen LogP contribution in [-0.2, 0) is 0 Å². The Labute approximate surface area is 146 Å². The van der Waals surface area contributed by atoms with Crippen molar-refractivity contribution in [1.82, 2.24) is 9.47 Å². The zero-order chi connectivity index (χ0) is 18.1. The van der Waals surface area contributed by atoms with Crippen LogP contribution < -0.4 is 10.2 Å². The third-order valence-corrected chi connectivity index (χ3v) is 5.24. The fraction of sp³-hybridized carbons (Fsp3) is 0.611. The molecule has 1 amide bonds. The van der Waals surface area contributed by atoms with Crippen molar-refractivity contribution < 1.29 is 19.4 Å². The Bertz CT molecular complexity index is 755. The number of aromatic nitrogens is 1. The van der Waals surface area contributed by atoms with E-state index in [4.69, 9.17) is 4.74 Å². The van der Waals surface area contributed by atoms with Gasteiger partial charge in [-0.1, -0.05) is 26.2 Å². The number of nitrogens with zero attached hydrogens (tertiary/aromatic N) is 2. The third-order valence-electron chi connectivity index (χ3n) is 5.24. The van der Waals surface area contributed by atoms with Gasteiger partial charge in [-0.25, -0.2) is 4.79 Å². The van der Waals surface area contributed by atoms with Crippen molar-refractivity contribution in [3.63, 3.8) is 0 Å². The van der Waals surface area contributed by atoms with Gasteiger partial charge in [0.2, 0.25) is 5.43 Å². The molecule has 0 aromatic carbocycles. The van der Waals surface area contributed by atoms with E-state index in [1.165, 1.54) is 6.20 Å². The molecule has 0 bridgehead atoms. The SMILES string of the molecule is CCCCOc1c2n(cc(C(=O)O)c1=O)[C@H]1CCCC[C@@H]1N(C)C2=O. The average Bonchev–Trinajstić information content (AvgIpc) is 2.60. The van der Waals surface area contributed by atoms with Crippen LogP contribution in [0.5, 0.6) is 5.75 Å². The molecule has 0 radical (unpaired) electrons. The minimum atomic E-state index is -1.29. The van der Waals surface area contributed by atoms with Gasteiger partial charge in [0.05, 0.1) is 18.7 Å². The minimum Gasteiger partial charge on any atom is -0.487 e. The fourth-order valence-electron chi connectivity index (χ4n) is 3.87. The summed E-state index contributed by atoms with van der Waals surface area (Å²) in [5, 5.41) is 9.41. The van der Waals surface area contributed by atoms with Crippen molar-refractivity contribution in [1.29, 1.82) is 0 Å². The van der Waals surface area contributed by atoms with E-state index in [0.717, 1.165) is 38.5 Å². The highest BCUT2D eigenvalue weighted by Crippen LogP contribution is 2.38. The third kappa shape index (κ3) is 2.92. The summed E-state index contributed by atoms with van der Waals surface area (Å²) in [6.07, 6.45) is 6.73. The van der Waals surface area contributed by atoms with Crippen LogP contribution in [0.1, 0.15) is 72.3 Å². The van der Waals surface area contributed by atoms with E-state index in [0.29, 0.717) is 0 Å². The molecule has 1 saturated carbocycles. The largest absolute Gasteiger partial charge is 0.487 e. The zero-order valence-electron chi connectivity index (χ0n) is 14.7. The highest BCUT2D eigenvalue weighted by atomic mass is 16.5. The van der Waals surface area contributed by atoms with E-state index in [1.807, 2.05) is 6.92 Å². The molecule has 0 unspecified atom stereocenters. The predicted octanol–water partition coefficient (Wildman–Crippen LogP) is 2.29. The highest BCUT2D eigenvalue weighted by Gasteiger charge is 2.41. The van der Waals surface area contributed by atoms with Crippen LogP contribution in [-0.4, -0.2) is 46.1 Å². The molecular formula is C18H24N2O5. The number of carboxylic acid groups (broad SMARTS) is 1. The topological polar surface area (TPSA) is 88.8 Å². The van der Waals surface area contributed by atoms with Gasteiger partial charge in [-0.2, -0.15) is 0 Å². The van der Waals surface area contributed by atoms with Crippen LogP contribution in [0, 0.1) is 0 Å². The number of unbranched alkanes of at least 4 members (excludes halogenated alkanes) is 1. The molecule has 1 aliphatic carbocycles. The number of likely N-dealkylation sites (N-methyl/N-ethyl adjacent to an activating group) is 1. The molecule has 0 spiro atoms. The lowest BCUT2D eigenvalue weighted by Gasteiger charge is -2.44. The Hall–Kier alpha value is -2.31. The first-order chi connectivity index (χ1) is 12.0. The van der Waals surface area contributed by atoms with Crippen LogP contribution in [0.25, 0.3) is 0 Å². The second-order valence-electron chi connectivity index (χ2n) is 6.80. The van der Waals surface area contributed by atoms with Gasteiger partial charge in [0, 0.05) is 13.2 Å². The van der Waals surface area contributed by atoms with Crippen molar-refractivity contribution in [3.8, 4) is 5.75 Å². The molecule has 7 nitrogen and oxygen atoms in total. The summed E-state index contributed by atoms with van der Waals surface area (Å²) in [4.78, 5) is 38.7. The number of hydrogen-bond donors (Lipinski definition) is 1. The molecule has 2 atom stereocenters. The molecule has 1 fully saturated rings. The van der Waals surface area contributed by atoms with Gasteiger partial charge in [0.1, 0.15) is 5.56 Å². The Morgan fingerprint density at radius 1 is 1.28 bits per heavy atom. The lowest BCUT2D eigenvalue weighted by Crippen LogP contribution is -2.51. The summed E-state index contributed by atoms with van der Waals surface area (Å²) in [7, 11) is 1.75. The molecule has 25 heavy (non-hydrogen) atoms. The molecule has 7 heteroatoms. The van der Waals surface area contributed by atoms with Gasteiger partial charge in [-0.05, 0) is 19.3 Å². The predicted molar refractivity (Wildman–Crippen MR) is 91.5 cm³/mol. The van der Waals surface area contributed by atoms with E-state index in [1.54, 1.807) is 16.5 Å².